The standard InChI is InChI=1S/C12H16BrN5O/c1-8-3-14-4-9(8)2-12-16-11(17-19-12)7-18-6-10(13)5-15-18/h5-6,8-9,14H,2-4,7H2,1H3/t8-,9-/m1/s1. The third-order valence-electron chi connectivity index (χ3n) is 3.53. The van der Waals surface area contributed by atoms with Crippen LogP contribution in [0.25, 0.3) is 0 Å². The molecule has 0 aliphatic carbocycles. The van der Waals surface area contributed by atoms with Crippen LogP contribution in [0.3, 0.4) is 0 Å². The number of nitrogens with zero attached hydrogens (tertiary/aromatic N) is 4. The quantitative estimate of drug-likeness (QED) is 0.922. The van der Waals surface area contributed by atoms with Gasteiger partial charge in [-0.25, -0.2) is 0 Å². The molecule has 2 aromatic rings. The van der Waals surface area contributed by atoms with Crippen LogP contribution in [0.15, 0.2) is 21.4 Å². The number of nitrogens with one attached hydrogen (secondary N) is 1. The van der Waals surface area contributed by atoms with Gasteiger partial charge in [-0.15, -0.1) is 0 Å². The number of halogens is 1. The SMILES string of the molecule is C[C@@H]1CNC[C@H]1Cc1nc(Cn2cc(Br)cn2)no1. The zero-order valence-corrected chi connectivity index (χ0v) is 12.3. The highest BCUT2D eigenvalue weighted by molar-refractivity contribution is 9.10. The summed E-state index contributed by atoms with van der Waals surface area (Å²) in [5.74, 6) is 2.65. The zero-order valence-electron chi connectivity index (χ0n) is 10.7. The molecule has 3 heterocycles. The molecule has 2 atom stereocenters. The summed E-state index contributed by atoms with van der Waals surface area (Å²) in [5.41, 5.74) is 0. The summed E-state index contributed by atoms with van der Waals surface area (Å²) in [4.78, 5) is 4.43. The minimum absolute atomic E-state index is 0.535. The minimum Gasteiger partial charge on any atom is -0.339 e. The van der Waals surface area contributed by atoms with Crippen LogP contribution in [0, 0.1) is 11.8 Å². The van der Waals surface area contributed by atoms with Crippen molar-refractivity contribution in [1.82, 2.24) is 25.2 Å². The van der Waals surface area contributed by atoms with Gasteiger partial charge in [0.05, 0.1) is 10.7 Å². The Hall–Kier alpha value is -1.21. The van der Waals surface area contributed by atoms with Gasteiger partial charge in [0.25, 0.3) is 0 Å². The van der Waals surface area contributed by atoms with E-state index in [0.717, 1.165) is 29.9 Å². The molecule has 0 aromatic carbocycles. The van der Waals surface area contributed by atoms with Crippen molar-refractivity contribution in [3.05, 3.63) is 28.6 Å². The van der Waals surface area contributed by atoms with Gasteiger partial charge < -0.3 is 9.84 Å². The smallest absolute Gasteiger partial charge is 0.227 e. The largest absolute Gasteiger partial charge is 0.339 e. The predicted molar refractivity (Wildman–Crippen MR) is 72.6 cm³/mol. The van der Waals surface area contributed by atoms with E-state index in [1.165, 1.54) is 0 Å². The van der Waals surface area contributed by atoms with Gasteiger partial charge in [-0.05, 0) is 40.9 Å². The molecule has 1 saturated heterocycles. The molecule has 0 bridgehead atoms. The summed E-state index contributed by atoms with van der Waals surface area (Å²) in [6, 6.07) is 0. The van der Waals surface area contributed by atoms with E-state index in [0.29, 0.717) is 24.2 Å². The summed E-state index contributed by atoms with van der Waals surface area (Å²) in [7, 11) is 0. The summed E-state index contributed by atoms with van der Waals surface area (Å²) in [6.45, 7) is 4.90. The van der Waals surface area contributed by atoms with Crippen LogP contribution in [0.5, 0.6) is 0 Å². The Labute approximate surface area is 119 Å². The van der Waals surface area contributed by atoms with E-state index in [1.807, 2.05) is 6.20 Å². The summed E-state index contributed by atoms with van der Waals surface area (Å²) >= 11 is 3.36. The Morgan fingerprint density at radius 1 is 1.53 bits per heavy atom. The highest BCUT2D eigenvalue weighted by Crippen LogP contribution is 2.20. The van der Waals surface area contributed by atoms with Gasteiger partial charge in [-0.2, -0.15) is 10.1 Å². The van der Waals surface area contributed by atoms with Gasteiger partial charge in [0, 0.05) is 12.6 Å². The van der Waals surface area contributed by atoms with Gasteiger partial charge in [0.2, 0.25) is 5.89 Å². The lowest BCUT2D eigenvalue weighted by atomic mass is 9.95. The fourth-order valence-corrected chi connectivity index (χ4v) is 2.70. The van der Waals surface area contributed by atoms with E-state index in [1.54, 1.807) is 10.9 Å². The molecule has 0 radical (unpaired) electrons. The molecule has 1 aliphatic heterocycles. The first-order valence-electron chi connectivity index (χ1n) is 6.41. The van der Waals surface area contributed by atoms with Crippen LogP contribution in [0.1, 0.15) is 18.6 Å². The predicted octanol–water partition coefficient (Wildman–Crippen LogP) is 1.47. The van der Waals surface area contributed by atoms with Crippen molar-refractivity contribution in [2.45, 2.75) is 19.9 Å². The van der Waals surface area contributed by atoms with E-state index in [4.69, 9.17) is 4.52 Å². The van der Waals surface area contributed by atoms with Gasteiger partial charge >= 0.3 is 0 Å². The van der Waals surface area contributed by atoms with Crippen LogP contribution in [-0.4, -0.2) is 33.0 Å². The zero-order chi connectivity index (χ0) is 13.2. The van der Waals surface area contributed by atoms with Crippen molar-refractivity contribution in [3.8, 4) is 0 Å². The Morgan fingerprint density at radius 2 is 2.42 bits per heavy atom. The summed E-state index contributed by atoms with van der Waals surface area (Å²) in [6.07, 6.45) is 4.48. The maximum atomic E-state index is 5.31. The average molecular weight is 326 g/mol. The van der Waals surface area contributed by atoms with Crippen molar-refractivity contribution in [1.29, 1.82) is 0 Å². The van der Waals surface area contributed by atoms with Crippen LogP contribution >= 0.6 is 15.9 Å². The van der Waals surface area contributed by atoms with E-state index in [9.17, 15) is 0 Å². The second kappa shape index (κ2) is 5.42. The van der Waals surface area contributed by atoms with Crippen molar-refractivity contribution >= 4 is 15.9 Å². The lowest BCUT2D eigenvalue weighted by molar-refractivity contribution is 0.334. The molecule has 0 unspecified atom stereocenters. The molecule has 6 nitrogen and oxygen atoms in total. The van der Waals surface area contributed by atoms with Crippen molar-refractivity contribution in [2.24, 2.45) is 11.8 Å². The van der Waals surface area contributed by atoms with Gasteiger partial charge in [-0.1, -0.05) is 12.1 Å². The first-order valence-corrected chi connectivity index (χ1v) is 7.20. The molecule has 7 heteroatoms. The normalized spacial score (nSPS) is 23.1. The van der Waals surface area contributed by atoms with Gasteiger partial charge in [-0.3, -0.25) is 4.68 Å². The highest BCUT2D eigenvalue weighted by atomic mass is 79.9. The molecular weight excluding hydrogens is 310 g/mol. The van der Waals surface area contributed by atoms with Crippen LogP contribution in [0.2, 0.25) is 0 Å². The van der Waals surface area contributed by atoms with Crippen LogP contribution in [0.4, 0.5) is 0 Å². The molecule has 102 valence electrons. The third-order valence-corrected chi connectivity index (χ3v) is 3.94. The number of hydrogen-bond donors (Lipinski definition) is 1. The number of aromatic nitrogens is 4. The Morgan fingerprint density at radius 3 is 3.11 bits per heavy atom. The third kappa shape index (κ3) is 3.03. The van der Waals surface area contributed by atoms with Crippen molar-refractivity contribution in [3.63, 3.8) is 0 Å². The molecular formula is C12H16BrN5O. The molecule has 0 saturated carbocycles. The fraction of sp³-hybridized carbons (Fsp3) is 0.583. The molecule has 0 spiro atoms. The summed E-state index contributed by atoms with van der Waals surface area (Å²) < 4.78 is 8.03. The van der Waals surface area contributed by atoms with Crippen molar-refractivity contribution in [2.75, 3.05) is 13.1 Å². The topological polar surface area (TPSA) is 68.8 Å². The molecule has 2 aromatic heterocycles. The first-order chi connectivity index (χ1) is 9.20. The average Bonchev–Trinajstić information content (AvgIpc) is 3.06. The second-order valence-electron chi connectivity index (χ2n) is 5.06. The number of rotatable bonds is 4. The van der Waals surface area contributed by atoms with E-state index in [-0.39, 0.29) is 0 Å². The molecule has 1 N–H and O–H groups in total. The molecule has 0 amide bonds. The minimum atomic E-state index is 0.535. The van der Waals surface area contributed by atoms with Gasteiger partial charge in [0.15, 0.2) is 5.82 Å². The Kier molecular flexibility index (Phi) is 3.65. The molecule has 3 rings (SSSR count). The Bertz CT molecular complexity index is 552. The molecule has 1 aliphatic rings. The summed E-state index contributed by atoms with van der Waals surface area (Å²) in [5, 5.41) is 11.6. The van der Waals surface area contributed by atoms with Crippen LogP contribution in [-0.2, 0) is 13.0 Å². The van der Waals surface area contributed by atoms with Crippen LogP contribution < -0.4 is 5.32 Å². The van der Waals surface area contributed by atoms with E-state index < -0.39 is 0 Å². The lowest BCUT2D eigenvalue weighted by Gasteiger charge is -2.10. The Balaban J connectivity index is 1.63. The highest BCUT2D eigenvalue weighted by Gasteiger charge is 2.25. The molecule has 1 fully saturated rings. The van der Waals surface area contributed by atoms with Gasteiger partial charge in [0.1, 0.15) is 6.54 Å². The maximum Gasteiger partial charge on any atom is 0.227 e. The monoisotopic (exact) mass is 325 g/mol. The van der Waals surface area contributed by atoms with Crippen molar-refractivity contribution < 1.29 is 4.52 Å². The maximum absolute atomic E-state index is 5.31. The van der Waals surface area contributed by atoms with E-state index in [2.05, 4.69) is 43.4 Å². The number of hydrogen-bond acceptors (Lipinski definition) is 5. The fourth-order valence-electron chi connectivity index (χ4n) is 2.37. The van der Waals surface area contributed by atoms with E-state index >= 15 is 0 Å². The first kappa shape index (κ1) is 12.8. The second-order valence-corrected chi connectivity index (χ2v) is 5.98. The molecule has 19 heavy (non-hydrogen) atoms. The lowest BCUT2D eigenvalue weighted by Crippen LogP contribution is -2.13.